The van der Waals surface area contributed by atoms with Crippen LogP contribution in [-0.2, 0) is 6.18 Å². The van der Waals surface area contributed by atoms with Crippen molar-refractivity contribution in [3.8, 4) is 0 Å². The number of carbonyl (C=O) groups excluding carboxylic acids is 1. The Balaban J connectivity index is 2.71. The number of benzene rings is 1. The lowest BCUT2D eigenvalue weighted by Crippen LogP contribution is -2.36. The van der Waals surface area contributed by atoms with Gasteiger partial charge in [0.05, 0.1) is 5.56 Å². The number of carbonyl (C=O) groups is 1. The maximum absolute atomic E-state index is 12.6. The van der Waals surface area contributed by atoms with Crippen LogP contribution in [-0.4, -0.2) is 23.8 Å². The van der Waals surface area contributed by atoms with Crippen molar-refractivity contribution < 1.29 is 23.1 Å². The summed E-state index contributed by atoms with van der Waals surface area (Å²) in [6.07, 6.45) is -3.31. The number of aliphatic hydroxyl groups is 1. The van der Waals surface area contributed by atoms with Crippen molar-refractivity contribution in [2.75, 3.05) is 11.9 Å². The molecule has 1 unspecified atom stereocenters. The van der Waals surface area contributed by atoms with E-state index in [0.717, 1.165) is 12.1 Å². The first-order chi connectivity index (χ1) is 9.74. The third-order valence-electron chi connectivity index (χ3n) is 2.99. The van der Waals surface area contributed by atoms with E-state index in [9.17, 15) is 18.0 Å². The largest absolute Gasteiger partial charge is 0.416 e. The Morgan fingerprint density at radius 3 is 2.62 bits per heavy atom. The van der Waals surface area contributed by atoms with E-state index in [-0.39, 0.29) is 18.3 Å². The minimum atomic E-state index is -4.45. The number of nitrogens with one attached hydrogen (secondary N) is 2. The van der Waals surface area contributed by atoms with E-state index in [1.807, 2.05) is 0 Å². The molecule has 0 radical (unpaired) electrons. The zero-order valence-electron chi connectivity index (χ0n) is 11.9. The van der Waals surface area contributed by atoms with E-state index in [1.54, 1.807) is 13.8 Å². The van der Waals surface area contributed by atoms with E-state index in [0.29, 0.717) is 18.4 Å². The number of anilines is 1. The van der Waals surface area contributed by atoms with Gasteiger partial charge in [-0.3, -0.25) is 0 Å². The zero-order chi connectivity index (χ0) is 16.0. The summed E-state index contributed by atoms with van der Waals surface area (Å²) in [5.74, 6) is 0. The summed E-state index contributed by atoms with van der Waals surface area (Å²) in [6, 6.07) is 2.45. The van der Waals surface area contributed by atoms with Crippen LogP contribution in [0.3, 0.4) is 0 Å². The molecule has 0 saturated heterocycles. The molecule has 1 rings (SSSR count). The molecule has 0 saturated carbocycles. The fourth-order valence-corrected chi connectivity index (χ4v) is 1.78. The van der Waals surface area contributed by atoms with Gasteiger partial charge in [-0.25, -0.2) is 4.79 Å². The summed E-state index contributed by atoms with van der Waals surface area (Å²) in [6.45, 7) is 3.40. The molecule has 118 valence electrons. The number of hydrogen-bond acceptors (Lipinski definition) is 2. The number of rotatable bonds is 5. The molecule has 0 aromatic heterocycles. The molecule has 0 heterocycles. The average molecular weight is 304 g/mol. The molecule has 0 spiro atoms. The Morgan fingerprint density at radius 1 is 1.38 bits per heavy atom. The molecular weight excluding hydrogens is 285 g/mol. The molecule has 21 heavy (non-hydrogen) atoms. The van der Waals surface area contributed by atoms with Crippen molar-refractivity contribution in [2.24, 2.45) is 0 Å². The molecule has 3 N–H and O–H groups in total. The topological polar surface area (TPSA) is 61.4 Å². The SMILES string of the molecule is Cc1ccc(C(F)(F)F)cc1NC(=O)NC(C)CCCO. The molecule has 0 bridgehead atoms. The third-order valence-corrected chi connectivity index (χ3v) is 2.99. The predicted molar refractivity (Wildman–Crippen MR) is 74.1 cm³/mol. The van der Waals surface area contributed by atoms with Gasteiger partial charge in [-0.1, -0.05) is 6.07 Å². The molecule has 0 aliphatic carbocycles. The lowest BCUT2D eigenvalue weighted by atomic mass is 10.1. The number of urea groups is 1. The quantitative estimate of drug-likeness (QED) is 0.781. The van der Waals surface area contributed by atoms with Gasteiger partial charge in [0.1, 0.15) is 0 Å². The smallest absolute Gasteiger partial charge is 0.396 e. The van der Waals surface area contributed by atoms with Gasteiger partial charge < -0.3 is 15.7 Å². The first kappa shape index (κ1) is 17.3. The highest BCUT2D eigenvalue weighted by Gasteiger charge is 2.30. The predicted octanol–water partition coefficient (Wildman–Crippen LogP) is 3.30. The molecule has 2 amide bonds. The summed E-state index contributed by atoms with van der Waals surface area (Å²) < 4.78 is 37.9. The van der Waals surface area contributed by atoms with Crippen LogP contribution < -0.4 is 10.6 Å². The van der Waals surface area contributed by atoms with Crippen LogP contribution in [0.2, 0.25) is 0 Å². The number of alkyl halides is 3. The molecule has 0 aliphatic rings. The van der Waals surface area contributed by atoms with Gasteiger partial charge in [0.15, 0.2) is 0 Å². The lowest BCUT2D eigenvalue weighted by molar-refractivity contribution is -0.137. The third kappa shape index (κ3) is 5.63. The zero-order valence-corrected chi connectivity index (χ0v) is 11.9. The summed E-state index contributed by atoms with van der Waals surface area (Å²) in [7, 11) is 0. The Labute approximate surface area is 121 Å². The van der Waals surface area contributed by atoms with Crippen LogP contribution in [0.15, 0.2) is 18.2 Å². The van der Waals surface area contributed by atoms with Gasteiger partial charge in [0.25, 0.3) is 0 Å². The van der Waals surface area contributed by atoms with Gasteiger partial charge in [0.2, 0.25) is 0 Å². The normalized spacial score (nSPS) is 12.9. The second-order valence-corrected chi connectivity index (χ2v) is 4.89. The van der Waals surface area contributed by atoms with Gasteiger partial charge in [0, 0.05) is 18.3 Å². The monoisotopic (exact) mass is 304 g/mol. The minimum Gasteiger partial charge on any atom is -0.396 e. The fraction of sp³-hybridized carbons (Fsp3) is 0.500. The van der Waals surface area contributed by atoms with Crippen molar-refractivity contribution in [3.63, 3.8) is 0 Å². The van der Waals surface area contributed by atoms with Crippen LogP contribution in [0.4, 0.5) is 23.7 Å². The highest BCUT2D eigenvalue weighted by Crippen LogP contribution is 2.31. The second-order valence-electron chi connectivity index (χ2n) is 4.89. The van der Waals surface area contributed by atoms with Gasteiger partial charge in [-0.05, 0) is 44.4 Å². The molecule has 7 heteroatoms. The first-order valence-electron chi connectivity index (χ1n) is 6.60. The molecule has 1 atom stereocenters. The molecule has 0 aliphatic heterocycles. The van der Waals surface area contributed by atoms with Gasteiger partial charge in [-0.2, -0.15) is 13.2 Å². The Bertz CT molecular complexity index is 490. The van der Waals surface area contributed by atoms with E-state index in [1.165, 1.54) is 6.07 Å². The van der Waals surface area contributed by atoms with Crippen molar-refractivity contribution in [1.82, 2.24) is 5.32 Å². The summed E-state index contributed by atoms with van der Waals surface area (Å²) >= 11 is 0. The Kier molecular flexibility index (Phi) is 6.02. The number of aryl methyl sites for hydroxylation is 1. The van der Waals surface area contributed by atoms with Crippen LogP contribution in [0.1, 0.15) is 30.9 Å². The van der Waals surface area contributed by atoms with Crippen molar-refractivity contribution in [2.45, 2.75) is 38.9 Å². The second kappa shape index (κ2) is 7.31. The van der Waals surface area contributed by atoms with Crippen LogP contribution in [0.5, 0.6) is 0 Å². The van der Waals surface area contributed by atoms with Crippen molar-refractivity contribution >= 4 is 11.7 Å². The van der Waals surface area contributed by atoms with Gasteiger partial charge in [-0.15, -0.1) is 0 Å². The number of hydrogen-bond donors (Lipinski definition) is 3. The highest BCUT2D eigenvalue weighted by molar-refractivity contribution is 5.90. The maximum Gasteiger partial charge on any atom is 0.416 e. The van der Waals surface area contributed by atoms with Crippen molar-refractivity contribution in [1.29, 1.82) is 0 Å². The Morgan fingerprint density at radius 2 is 2.05 bits per heavy atom. The lowest BCUT2D eigenvalue weighted by Gasteiger charge is -2.16. The fourth-order valence-electron chi connectivity index (χ4n) is 1.78. The van der Waals surface area contributed by atoms with E-state index in [2.05, 4.69) is 10.6 Å². The molecular formula is C14H19F3N2O2. The molecule has 0 fully saturated rings. The van der Waals surface area contributed by atoms with Crippen LogP contribution >= 0.6 is 0 Å². The standard InChI is InChI=1S/C14H19F3N2O2/c1-9-5-6-11(14(15,16)17)8-12(9)19-13(21)18-10(2)4-3-7-20/h5-6,8,10,20H,3-4,7H2,1-2H3,(H2,18,19,21). The average Bonchev–Trinajstić information content (AvgIpc) is 2.37. The summed E-state index contributed by atoms with van der Waals surface area (Å²) in [4.78, 5) is 11.7. The highest BCUT2D eigenvalue weighted by atomic mass is 19.4. The van der Waals surface area contributed by atoms with Crippen LogP contribution in [0.25, 0.3) is 0 Å². The summed E-state index contributed by atoms with van der Waals surface area (Å²) in [5, 5.41) is 13.7. The van der Waals surface area contributed by atoms with Gasteiger partial charge >= 0.3 is 12.2 Å². The molecule has 1 aromatic rings. The van der Waals surface area contributed by atoms with E-state index < -0.39 is 17.8 Å². The van der Waals surface area contributed by atoms with E-state index >= 15 is 0 Å². The molecule has 1 aromatic carbocycles. The first-order valence-corrected chi connectivity index (χ1v) is 6.60. The Hall–Kier alpha value is -1.76. The van der Waals surface area contributed by atoms with Crippen molar-refractivity contribution in [3.05, 3.63) is 29.3 Å². The number of amides is 2. The van der Waals surface area contributed by atoms with Crippen LogP contribution in [0, 0.1) is 6.92 Å². The van der Waals surface area contributed by atoms with E-state index in [4.69, 9.17) is 5.11 Å². The summed E-state index contributed by atoms with van der Waals surface area (Å²) in [5.41, 5.74) is -0.144. The maximum atomic E-state index is 12.6. The molecule has 4 nitrogen and oxygen atoms in total. The number of halogens is 3. The minimum absolute atomic E-state index is 0.0281. The number of aliphatic hydroxyl groups excluding tert-OH is 1.